The number of nitrogens with two attached hydrogens (primary N) is 1. The summed E-state index contributed by atoms with van der Waals surface area (Å²) in [4.78, 5) is 7.38. The number of halogens is 2. The normalized spacial score (nSPS) is 11.4. The second-order valence-corrected chi connectivity index (χ2v) is 6.79. The monoisotopic (exact) mass is 346 g/mol. The Hall–Kier alpha value is -1.57. The molecule has 0 spiro atoms. The molecular weight excluding hydrogens is 335 g/mol. The van der Waals surface area contributed by atoms with E-state index in [1.54, 1.807) is 6.92 Å². The number of nitrogen functional groups attached to an aromatic ring is 1. The Morgan fingerprint density at radius 3 is 2.24 bits per heavy atom. The number of sulfonamides is 1. The molecule has 0 bridgehead atoms. The van der Waals surface area contributed by atoms with Gasteiger partial charge in [-0.05, 0) is 37.1 Å². The summed E-state index contributed by atoms with van der Waals surface area (Å²) in [6.45, 7) is 3.59. The summed E-state index contributed by atoms with van der Waals surface area (Å²) in [5, 5.41) is -0.175. The predicted octanol–water partition coefficient (Wildman–Crippen LogP) is 2.78. The third kappa shape index (κ3) is 3.20. The van der Waals surface area contributed by atoms with Crippen molar-refractivity contribution in [2.75, 3.05) is 10.5 Å². The number of nitrogens with zero attached hydrogens (tertiary/aromatic N) is 2. The lowest BCUT2D eigenvalue weighted by molar-refractivity contribution is 0.601. The first kappa shape index (κ1) is 15.8. The van der Waals surface area contributed by atoms with Crippen LogP contribution in [0.15, 0.2) is 23.4 Å². The summed E-state index contributed by atoms with van der Waals surface area (Å²) < 4.78 is 27.0. The number of aromatic nitrogens is 2. The lowest BCUT2D eigenvalue weighted by atomic mass is 10.1. The summed E-state index contributed by atoms with van der Waals surface area (Å²) in [6, 6.07) is 2.88. The molecule has 112 valence electrons. The molecule has 2 rings (SSSR count). The van der Waals surface area contributed by atoms with E-state index in [2.05, 4.69) is 14.7 Å². The van der Waals surface area contributed by atoms with Crippen LogP contribution in [-0.4, -0.2) is 18.4 Å². The van der Waals surface area contributed by atoms with E-state index in [0.717, 1.165) is 17.5 Å². The van der Waals surface area contributed by atoms with Gasteiger partial charge in [0.25, 0.3) is 10.0 Å². The van der Waals surface area contributed by atoms with Gasteiger partial charge in [-0.2, -0.15) is 0 Å². The van der Waals surface area contributed by atoms with Crippen LogP contribution < -0.4 is 10.5 Å². The van der Waals surface area contributed by atoms with Crippen molar-refractivity contribution in [3.8, 4) is 0 Å². The van der Waals surface area contributed by atoms with Crippen molar-refractivity contribution in [1.82, 2.24) is 9.97 Å². The molecule has 0 radical (unpaired) electrons. The minimum absolute atomic E-state index is 0.0130. The van der Waals surface area contributed by atoms with Crippen molar-refractivity contribution < 1.29 is 8.42 Å². The molecule has 0 fully saturated rings. The first-order valence-electron chi connectivity index (χ1n) is 5.78. The third-order valence-corrected chi connectivity index (χ3v) is 4.88. The molecule has 2 aromatic rings. The van der Waals surface area contributed by atoms with E-state index < -0.39 is 10.0 Å². The summed E-state index contributed by atoms with van der Waals surface area (Å²) >= 11 is 11.6. The molecular formula is C12H12Cl2N4O2S. The maximum absolute atomic E-state index is 12.4. The van der Waals surface area contributed by atoms with Crippen LogP contribution in [0.3, 0.4) is 0 Å². The Morgan fingerprint density at radius 2 is 1.71 bits per heavy atom. The molecule has 0 aliphatic heterocycles. The van der Waals surface area contributed by atoms with Crippen LogP contribution in [0.1, 0.15) is 11.1 Å². The second-order valence-electron chi connectivity index (χ2n) is 4.39. The highest BCUT2D eigenvalue weighted by Crippen LogP contribution is 2.29. The highest BCUT2D eigenvalue weighted by Gasteiger charge is 2.20. The summed E-state index contributed by atoms with van der Waals surface area (Å²) in [7, 11) is -3.90. The van der Waals surface area contributed by atoms with Gasteiger partial charge in [-0.1, -0.05) is 23.2 Å². The Balaban J connectivity index is 2.49. The number of rotatable bonds is 3. The molecule has 0 aliphatic rings. The molecule has 21 heavy (non-hydrogen) atoms. The minimum atomic E-state index is -3.90. The molecule has 3 N–H and O–H groups in total. The molecule has 0 amide bonds. The fourth-order valence-electron chi connectivity index (χ4n) is 1.63. The summed E-state index contributed by atoms with van der Waals surface area (Å²) in [6.07, 6.45) is 1.14. The fraction of sp³-hybridized carbons (Fsp3) is 0.167. The van der Waals surface area contributed by atoms with Crippen molar-refractivity contribution in [3.05, 3.63) is 39.9 Å². The maximum atomic E-state index is 12.4. The van der Waals surface area contributed by atoms with Gasteiger partial charge < -0.3 is 5.73 Å². The molecule has 1 aromatic carbocycles. The smallest absolute Gasteiger partial charge is 0.262 e. The Labute approximate surface area is 132 Å². The van der Waals surface area contributed by atoms with Crippen LogP contribution in [0, 0.1) is 13.8 Å². The van der Waals surface area contributed by atoms with E-state index in [9.17, 15) is 8.42 Å². The SMILES string of the molecule is Cc1cc(S(=O)(=O)Nc2c(Cl)ncnc2Cl)cc(N)c1C. The zero-order chi connectivity index (χ0) is 15.8. The fourth-order valence-corrected chi connectivity index (χ4v) is 3.34. The van der Waals surface area contributed by atoms with E-state index in [0.29, 0.717) is 5.69 Å². The highest BCUT2D eigenvalue weighted by atomic mass is 35.5. The maximum Gasteiger partial charge on any atom is 0.262 e. The molecule has 1 aromatic heterocycles. The molecule has 0 unspecified atom stereocenters. The molecule has 0 aliphatic carbocycles. The number of nitrogens with one attached hydrogen (secondary N) is 1. The average molecular weight is 347 g/mol. The molecule has 9 heteroatoms. The Bertz CT molecular complexity index is 766. The third-order valence-electron chi connectivity index (χ3n) is 2.98. The average Bonchev–Trinajstić information content (AvgIpc) is 2.40. The van der Waals surface area contributed by atoms with E-state index in [1.165, 1.54) is 12.1 Å². The van der Waals surface area contributed by atoms with E-state index in [1.807, 2.05) is 6.92 Å². The van der Waals surface area contributed by atoms with E-state index in [-0.39, 0.29) is 20.9 Å². The van der Waals surface area contributed by atoms with Gasteiger partial charge in [-0.3, -0.25) is 4.72 Å². The van der Waals surface area contributed by atoms with Crippen LogP contribution in [0.2, 0.25) is 10.3 Å². The minimum Gasteiger partial charge on any atom is -0.398 e. The van der Waals surface area contributed by atoms with Gasteiger partial charge in [0.1, 0.15) is 12.0 Å². The topological polar surface area (TPSA) is 98.0 Å². The highest BCUT2D eigenvalue weighted by molar-refractivity contribution is 7.92. The number of anilines is 2. The number of hydrogen-bond acceptors (Lipinski definition) is 5. The second kappa shape index (κ2) is 5.67. The molecule has 6 nitrogen and oxygen atoms in total. The molecule has 0 saturated heterocycles. The summed E-state index contributed by atoms with van der Waals surface area (Å²) in [5.41, 5.74) is 7.70. The van der Waals surface area contributed by atoms with Crippen LogP contribution in [0.25, 0.3) is 0 Å². The predicted molar refractivity (Wildman–Crippen MR) is 83.2 cm³/mol. The van der Waals surface area contributed by atoms with Crippen LogP contribution >= 0.6 is 23.2 Å². The lowest BCUT2D eigenvalue weighted by Gasteiger charge is -2.12. The van der Waals surface area contributed by atoms with Crippen LogP contribution in [-0.2, 0) is 10.0 Å². The van der Waals surface area contributed by atoms with Crippen LogP contribution in [0.4, 0.5) is 11.4 Å². The quantitative estimate of drug-likeness (QED) is 0.657. The zero-order valence-corrected chi connectivity index (χ0v) is 13.5. The van der Waals surface area contributed by atoms with Crippen molar-refractivity contribution in [3.63, 3.8) is 0 Å². The van der Waals surface area contributed by atoms with E-state index in [4.69, 9.17) is 28.9 Å². The van der Waals surface area contributed by atoms with Crippen molar-refractivity contribution in [2.24, 2.45) is 0 Å². The lowest BCUT2D eigenvalue weighted by Crippen LogP contribution is -2.15. The first-order valence-corrected chi connectivity index (χ1v) is 8.02. The molecule has 1 heterocycles. The van der Waals surface area contributed by atoms with Gasteiger partial charge >= 0.3 is 0 Å². The van der Waals surface area contributed by atoms with E-state index >= 15 is 0 Å². The van der Waals surface area contributed by atoms with Gasteiger partial charge in [0.05, 0.1) is 4.90 Å². The van der Waals surface area contributed by atoms with Gasteiger partial charge in [0.15, 0.2) is 10.3 Å². The summed E-state index contributed by atoms with van der Waals surface area (Å²) in [5.74, 6) is 0. The largest absolute Gasteiger partial charge is 0.398 e. The van der Waals surface area contributed by atoms with Gasteiger partial charge in [-0.15, -0.1) is 0 Å². The standard InChI is InChI=1S/C12H12Cl2N4O2S/c1-6-3-8(4-9(15)7(6)2)21(19,20)18-10-11(13)16-5-17-12(10)14/h3-5,18H,15H2,1-2H3. The van der Waals surface area contributed by atoms with Gasteiger partial charge in [0, 0.05) is 5.69 Å². The Morgan fingerprint density at radius 1 is 1.14 bits per heavy atom. The number of benzene rings is 1. The molecule has 0 atom stereocenters. The number of hydrogen-bond donors (Lipinski definition) is 2. The number of aryl methyl sites for hydroxylation is 1. The Kier molecular flexibility index (Phi) is 4.27. The first-order chi connectivity index (χ1) is 9.72. The molecule has 0 saturated carbocycles. The van der Waals surface area contributed by atoms with Crippen LogP contribution in [0.5, 0.6) is 0 Å². The zero-order valence-electron chi connectivity index (χ0n) is 11.2. The van der Waals surface area contributed by atoms with Crippen molar-refractivity contribution in [1.29, 1.82) is 0 Å². The van der Waals surface area contributed by atoms with Gasteiger partial charge in [-0.25, -0.2) is 18.4 Å². The van der Waals surface area contributed by atoms with Crippen molar-refractivity contribution >= 4 is 44.6 Å². The van der Waals surface area contributed by atoms with Gasteiger partial charge in [0.2, 0.25) is 0 Å². The van der Waals surface area contributed by atoms with Crippen molar-refractivity contribution in [2.45, 2.75) is 18.7 Å².